The van der Waals surface area contributed by atoms with Crippen molar-refractivity contribution in [2.24, 2.45) is 5.92 Å². The highest BCUT2D eigenvalue weighted by Gasteiger charge is 2.42. The highest BCUT2D eigenvalue weighted by atomic mass is 15.3. The smallest absolute Gasteiger partial charge is 0.0334 e. The molecule has 0 amide bonds. The van der Waals surface area contributed by atoms with Gasteiger partial charge in [0.25, 0.3) is 0 Å². The first kappa shape index (κ1) is 11.4. The van der Waals surface area contributed by atoms with Gasteiger partial charge in [-0.25, -0.2) is 0 Å². The number of rotatable bonds is 2. The molecule has 2 aliphatic rings. The Hall–Kier alpha value is -0.0800. The number of likely N-dealkylation sites (N-methyl/N-ethyl adjacent to an activating group) is 1. The van der Waals surface area contributed by atoms with Gasteiger partial charge in [0.05, 0.1) is 0 Å². The van der Waals surface area contributed by atoms with Crippen LogP contribution in [0.15, 0.2) is 0 Å². The molecular formula is C13H26N2. The molecule has 0 aromatic rings. The highest BCUT2D eigenvalue weighted by molar-refractivity contribution is 5.01. The molecular weight excluding hydrogens is 184 g/mol. The first-order valence-corrected chi connectivity index (χ1v) is 6.66. The van der Waals surface area contributed by atoms with Crippen LogP contribution < -0.4 is 5.32 Å². The molecule has 1 spiro atoms. The van der Waals surface area contributed by atoms with E-state index in [0.29, 0.717) is 11.6 Å². The van der Waals surface area contributed by atoms with Gasteiger partial charge in [-0.15, -0.1) is 0 Å². The largest absolute Gasteiger partial charge is 0.311 e. The van der Waals surface area contributed by atoms with Crippen molar-refractivity contribution in [2.75, 3.05) is 19.6 Å². The molecule has 1 heterocycles. The molecule has 2 nitrogen and oxygen atoms in total. The Morgan fingerprint density at radius 1 is 1.33 bits per heavy atom. The van der Waals surface area contributed by atoms with E-state index in [-0.39, 0.29) is 0 Å². The first-order valence-electron chi connectivity index (χ1n) is 6.66. The zero-order valence-electron chi connectivity index (χ0n) is 10.6. The summed E-state index contributed by atoms with van der Waals surface area (Å²) >= 11 is 0. The second-order valence-corrected chi connectivity index (χ2v) is 5.70. The zero-order chi connectivity index (χ0) is 10.9. The van der Waals surface area contributed by atoms with Crippen molar-refractivity contribution in [3.63, 3.8) is 0 Å². The average Bonchev–Trinajstić information content (AvgIpc) is 2.68. The van der Waals surface area contributed by atoms with Crippen molar-refractivity contribution < 1.29 is 0 Å². The van der Waals surface area contributed by atoms with E-state index in [0.717, 1.165) is 5.92 Å². The lowest BCUT2D eigenvalue weighted by molar-refractivity contribution is 0.0379. The number of piperazine rings is 1. The fourth-order valence-electron chi connectivity index (χ4n) is 3.37. The maximum atomic E-state index is 3.77. The van der Waals surface area contributed by atoms with Crippen molar-refractivity contribution >= 4 is 0 Å². The molecule has 1 saturated carbocycles. The Balaban J connectivity index is 2.04. The van der Waals surface area contributed by atoms with Gasteiger partial charge in [-0.1, -0.05) is 33.6 Å². The first-order chi connectivity index (χ1) is 7.18. The van der Waals surface area contributed by atoms with Crippen LogP contribution in [0, 0.1) is 5.92 Å². The molecule has 2 heteroatoms. The number of hydrogen-bond donors (Lipinski definition) is 1. The van der Waals surface area contributed by atoms with Gasteiger partial charge in [0.1, 0.15) is 0 Å². The van der Waals surface area contributed by atoms with Crippen molar-refractivity contribution in [1.82, 2.24) is 10.2 Å². The fourth-order valence-corrected chi connectivity index (χ4v) is 3.37. The Morgan fingerprint density at radius 2 is 2.00 bits per heavy atom. The summed E-state index contributed by atoms with van der Waals surface area (Å²) in [5, 5.41) is 3.77. The third kappa shape index (κ3) is 2.07. The molecule has 15 heavy (non-hydrogen) atoms. The molecule has 88 valence electrons. The molecule has 0 aromatic carbocycles. The molecule has 1 saturated heterocycles. The van der Waals surface area contributed by atoms with E-state index in [1.807, 2.05) is 0 Å². The maximum absolute atomic E-state index is 3.77. The normalized spacial score (nSPS) is 31.6. The molecule has 2 rings (SSSR count). The van der Waals surface area contributed by atoms with Gasteiger partial charge in [0.2, 0.25) is 0 Å². The predicted octanol–water partition coefficient (Wildman–Crippen LogP) is 2.25. The molecule has 0 bridgehead atoms. The molecule has 1 N–H and O–H groups in total. The third-order valence-electron chi connectivity index (χ3n) is 4.50. The van der Waals surface area contributed by atoms with Crippen LogP contribution in [0.1, 0.15) is 46.5 Å². The average molecular weight is 210 g/mol. The van der Waals surface area contributed by atoms with E-state index in [1.165, 1.54) is 45.3 Å². The van der Waals surface area contributed by atoms with E-state index in [1.54, 1.807) is 0 Å². The van der Waals surface area contributed by atoms with Crippen LogP contribution in [0.4, 0.5) is 0 Å². The number of nitrogens with one attached hydrogen (secondary N) is 1. The van der Waals surface area contributed by atoms with Gasteiger partial charge in [-0.05, 0) is 25.3 Å². The molecule has 1 atom stereocenters. The lowest BCUT2D eigenvalue weighted by Gasteiger charge is -2.49. The van der Waals surface area contributed by atoms with Gasteiger partial charge >= 0.3 is 0 Å². The topological polar surface area (TPSA) is 15.3 Å². The van der Waals surface area contributed by atoms with Crippen LogP contribution in [0.25, 0.3) is 0 Å². The van der Waals surface area contributed by atoms with Gasteiger partial charge < -0.3 is 5.32 Å². The molecule has 0 aromatic heterocycles. The van der Waals surface area contributed by atoms with Gasteiger partial charge in [-0.3, -0.25) is 4.90 Å². The summed E-state index contributed by atoms with van der Waals surface area (Å²) in [6.07, 6.45) is 5.70. The quantitative estimate of drug-likeness (QED) is 0.752. The Bertz CT molecular complexity index is 207. The van der Waals surface area contributed by atoms with Crippen LogP contribution in [0.3, 0.4) is 0 Å². The van der Waals surface area contributed by atoms with Gasteiger partial charge in [0, 0.05) is 24.7 Å². The van der Waals surface area contributed by atoms with E-state index in [4.69, 9.17) is 0 Å². The zero-order valence-corrected chi connectivity index (χ0v) is 10.6. The van der Waals surface area contributed by atoms with Crippen LogP contribution in [-0.2, 0) is 0 Å². The summed E-state index contributed by atoms with van der Waals surface area (Å²) in [5.41, 5.74) is 0.528. The number of nitrogens with zero attached hydrogens (tertiary/aromatic N) is 1. The third-order valence-corrected chi connectivity index (χ3v) is 4.50. The standard InChI is InChI=1S/C13H26N2/c1-4-15-9-12(11(2)3)14-10-13(15)7-5-6-8-13/h11-12,14H,4-10H2,1-3H3. The summed E-state index contributed by atoms with van der Waals surface area (Å²) in [7, 11) is 0. The van der Waals surface area contributed by atoms with Crippen LogP contribution in [0.2, 0.25) is 0 Å². The predicted molar refractivity (Wildman–Crippen MR) is 65.1 cm³/mol. The lowest BCUT2D eigenvalue weighted by atomic mass is 9.88. The Labute approximate surface area is 94.4 Å². The molecule has 2 fully saturated rings. The molecule has 1 aliphatic carbocycles. The minimum atomic E-state index is 0.528. The van der Waals surface area contributed by atoms with Crippen molar-refractivity contribution in [3.05, 3.63) is 0 Å². The maximum Gasteiger partial charge on any atom is 0.0334 e. The van der Waals surface area contributed by atoms with Crippen molar-refractivity contribution in [2.45, 2.75) is 58.0 Å². The van der Waals surface area contributed by atoms with Crippen molar-refractivity contribution in [3.8, 4) is 0 Å². The summed E-state index contributed by atoms with van der Waals surface area (Å²) < 4.78 is 0. The van der Waals surface area contributed by atoms with E-state index < -0.39 is 0 Å². The van der Waals surface area contributed by atoms with Crippen molar-refractivity contribution in [1.29, 1.82) is 0 Å². The highest BCUT2D eigenvalue weighted by Crippen LogP contribution is 2.37. The summed E-state index contributed by atoms with van der Waals surface area (Å²) in [6.45, 7) is 10.7. The second kappa shape index (κ2) is 4.42. The minimum absolute atomic E-state index is 0.528. The summed E-state index contributed by atoms with van der Waals surface area (Å²) in [4.78, 5) is 2.75. The Morgan fingerprint density at radius 3 is 2.53 bits per heavy atom. The van der Waals surface area contributed by atoms with E-state index >= 15 is 0 Å². The summed E-state index contributed by atoms with van der Waals surface area (Å²) in [6, 6.07) is 0.705. The van der Waals surface area contributed by atoms with E-state index in [9.17, 15) is 0 Å². The molecule has 1 aliphatic heterocycles. The number of hydrogen-bond acceptors (Lipinski definition) is 2. The van der Waals surface area contributed by atoms with Gasteiger partial charge in [-0.2, -0.15) is 0 Å². The molecule has 0 radical (unpaired) electrons. The lowest BCUT2D eigenvalue weighted by Crippen LogP contribution is -2.64. The van der Waals surface area contributed by atoms with Crippen LogP contribution >= 0.6 is 0 Å². The minimum Gasteiger partial charge on any atom is -0.311 e. The fraction of sp³-hybridized carbons (Fsp3) is 1.00. The monoisotopic (exact) mass is 210 g/mol. The second-order valence-electron chi connectivity index (χ2n) is 5.70. The summed E-state index contributed by atoms with van der Waals surface area (Å²) in [5.74, 6) is 0.762. The van der Waals surface area contributed by atoms with Crippen LogP contribution in [-0.4, -0.2) is 36.1 Å². The van der Waals surface area contributed by atoms with Gasteiger partial charge in [0.15, 0.2) is 0 Å². The van der Waals surface area contributed by atoms with Crippen LogP contribution in [0.5, 0.6) is 0 Å². The van der Waals surface area contributed by atoms with E-state index in [2.05, 4.69) is 31.0 Å². The SMILES string of the molecule is CCN1CC(C(C)C)NCC12CCCC2. The molecule has 1 unspecified atom stereocenters. The Kier molecular flexibility index (Phi) is 3.36.